The lowest BCUT2D eigenvalue weighted by atomic mass is 10.1. The van der Waals surface area contributed by atoms with Crippen LogP contribution in [0.1, 0.15) is 24.6 Å². The first-order valence-electron chi connectivity index (χ1n) is 6.54. The van der Waals surface area contributed by atoms with Gasteiger partial charge >= 0.3 is 0 Å². The summed E-state index contributed by atoms with van der Waals surface area (Å²) < 4.78 is 0. The molecule has 1 fully saturated rings. The Hall–Kier alpha value is -1.38. The third kappa shape index (κ3) is 3.14. The van der Waals surface area contributed by atoms with Crippen LogP contribution in [0.5, 0.6) is 0 Å². The SMILES string of the molecule is CCc1c(C)nc(Cl)nc1N1CCNC(CC#N)C1. The van der Waals surface area contributed by atoms with Gasteiger partial charge in [-0.15, -0.1) is 0 Å². The minimum atomic E-state index is 0.192. The van der Waals surface area contributed by atoms with Crippen molar-refractivity contribution in [3.63, 3.8) is 0 Å². The lowest BCUT2D eigenvalue weighted by Gasteiger charge is -2.34. The van der Waals surface area contributed by atoms with Gasteiger partial charge in [-0.1, -0.05) is 6.92 Å². The van der Waals surface area contributed by atoms with Crippen molar-refractivity contribution in [1.29, 1.82) is 5.26 Å². The number of piperazine rings is 1. The second kappa shape index (κ2) is 6.18. The predicted octanol–water partition coefficient (Wildman–Crippen LogP) is 1.69. The number of nitrogens with one attached hydrogen (secondary N) is 1. The molecular weight excluding hydrogens is 262 g/mol. The highest BCUT2D eigenvalue weighted by Gasteiger charge is 2.23. The maximum atomic E-state index is 8.81. The van der Waals surface area contributed by atoms with E-state index in [4.69, 9.17) is 16.9 Å². The molecule has 0 spiro atoms. The van der Waals surface area contributed by atoms with E-state index in [-0.39, 0.29) is 6.04 Å². The predicted molar refractivity (Wildman–Crippen MR) is 75.4 cm³/mol. The molecule has 0 aromatic carbocycles. The number of hydrogen-bond donors (Lipinski definition) is 1. The molecule has 0 radical (unpaired) electrons. The van der Waals surface area contributed by atoms with Crippen molar-refractivity contribution < 1.29 is 0 Å². The first-order valence-corrected chi connectivity index (χ1v) is 6.91. The summed E-state index contributed by atoms with van der Waals surface area (Å²) in [5.74, 6) is 0.921. The molecule has 1 aliphatic rings. The van der Waals surface area contributed by atoms with Crippen molar-refractivity contribution in [2.24, 2.45) is 0 Å². The van der Waals surface area contributed by atoms with Crippen LogP contribution >= 0.6 is 11.6 Å². The molecular formula is C13H18ClN5. The average molecular weight is 280 g/mol. The van der Waals surface area contributed by atoms with Crippen molar-refractivity contribution in [2.45, 2.75) is 32.7 Å². The molecule has 0 amide bonds. The van der Waals surface area contributed by atoms with Gasteiger partial charge in [0.15, 0.2) is 0 Å². The van der Waals surface area contributed by atoms with E-state index in [1.165, 1.54) is 0 Å². The summed E-state index contributed by atoms with van der Waals surface area (Å²) in [6, 6.07) is 2.40. The Balaban J connectivity index is 2.28. The molecule has 5 nitrogen and oxygen atoms in total. The quantitative estimate of drug-likeness (QED) is 0.853. The van der Waals surface area contributed by atoms with E-state index < -0.39 is 0 Å². The number of hydrogen-bond acceptors (Lipinski definition) is 5. The third-order valence-corrected chi connectivity index (χ3v) is 3.58. The lowest BCUT2D eigenvalue weighted by molar-refractivity contribution is 0.459. The fourth-order valence-corrected chi connectivity index (χ4v) is 2.69. The number of nitrogens with zero attached hydrogens (tertiary/aromatic N) is 4. The van der Waals surface area contributed by atoms with Crippen molar-refractivity contribution in [3.05, 3.63) is 16.5 Å². The van der Waals surface area contributed by atoms with Gasteiger partial charge in [0.05, 0.1) is 12.5 Å². The maximum absolute atomic E-state index is 8.81. The molecule has 1 aliphatic heterocycles. The van der Waals surface area contributed by atoms with Gasteiger partial charge < -0.3 is 10.2 Å². The first kappa shape index (κ1) is 14.0. The van der Waals surface area contributed by atoms with Gasteiger partial charge in [-0.25, -0.2) is 9.97 Å². The molecule has 1 saturated heterocycles. The highest BCUT2D eigenvalue weighted by atomic mass is 35.5. The standard InChI is InChI=1S/C13H18ClN5/c1-3-11-9(2)17-13(14)18-12(11)19-7-6-16-10(8-19)4-5-15/h10,16H,3-4,6-8H2,1-2H3. The fourth-order valence-electron chi connectivity index (χ4n) is 2.49. The van der Waals surface area contributed by atoms with Gasteiger partial charge in [0.2, 0.25) is 5.28 Å². The van der Waals surface area contributed by atoms with E-state index >= 15 is 0 Å². The Morgan fingerprint density at radius 3 is 3.00 bits per heavy atom. The summed E-state index contributed by atoms with van der Waals surface area (Å²) in [5, 5.41) is 12.4. The second-order valence-electron chi connectivity index (χ2n) is 4.69. The summed E-state index contributed by atoms with van der Waals surface area (Å²) in [7, 11) is 0. The van der Waals surface area contributed by atoms with E-state index in [9.17, 15) is 0 Å². The molecule has 2 rings (SSSR count). The van der Waals surface area contributed by atoms with Gasteiger partial charge in [0.1, 0.15) is 5.82 Å². The number of halogens is 1. The molecule has 1 aromatic rings. The highest BCUT2D eigenvalue weighted by molar-refractivity contribution is 6.28. The lowest BCUT2D eigenvalue weighted by Crippen LogP contribution is -2.51. The van der Waals surface area contributed by atoms with Crippen LogP contribution in [0.15, 0.2) is 0 Å². The Labute approximate surface area is 118 Å². The summed E-state index contributed by atoms with van der Waals surface area (Å²) in [6.45, 7) is 6.58. The van der Waals surface area contributed by atoms with Gasteiger partial charge in [0.25, 0.3) is 0 Å². The molecule has 0 bridgehead atoms. The molecule has 0 aliphatic carbocycles. The van der Waals surface area contributed by atoms with Gasteiger partial charge in [-0.2, -0.15) is 5.26 Å². The topological polar surface area (TPSA) is 64.8 Å². The van der Waals surface area contributed by atoms with Crippen LogP contribution in [-0.2, 0) is 6.42 Å². The second-order valence-corrected chi connectivity index (χ2v) is 5.03. The molecule has 1 N–H and O–H groups in total. The zero-order valence-corrected chi connectivity index (χ0v) is 12.0. The maximum Gasteiger partial charge on any atom is 0.224 e. The van der Waals surface area contributed by atoms with Crippen LogP contribution in [0.4, 0.5) is 5.82 Å². The van der Waals surface area contributed by atoms with Crippen LogP contribution in [0.3, 0.4) is 0 Å². The molecule has 1 unspecified atom stereocenters. The molecule has 19 heavy (non-hydrogen) atoms. The number of nitriles is 1. The number of aryl methyl sites for hydroxylation is 1. The fraction of sp³-hybridized carbons (Fsp3) is 0.615. The number of aromatic nitrogens is 2. The van der Waals surface area contributed by atoms with Crippen molar-refractivity contribution in [1.82, 2.24) is 15.3 Å². The van der Waals surface area contributed by atoms with Crippen molar-refractivity contribution >= 4 is 17.4 Å². The van der Waals surface area contributed by atoms with E-state index in [0.29, 0.717) is 11.7 Å². The molecule has 1 atom stereocenters. The molecule has 0 saturated carbocycles. The minimum absolute atomic E-state index is 0.192. The monoisotopic (exact) mass is 279 g/mol. The largest absolute Gasteiger partial charge is 0.353 e. The Kier molecular flexibility index (Phi) is 4.56. The van der Waals surface area contributed by atoms with E-state index in [0.717, 1.165) is 43.1 Å². The molecule has 2 heterocycles. The number of anilines is 1. The third-order valence-electron chi connectivity index (χ3n) is 3.41. The highest BCUT2D eigenvalue weighted by Crippen LogP contribution is 2.24. The van der Waals surface area contributed by atoms with Gasteiger partial charge in [0, 0.05) is 36.9 Å². The van der Waals surface area contributed by atoms with Gasteiger partial charge in [-0.3, -0.25) is 0 Å². The van der Waals surface area contributed by atoms with Crippen LogP contribution in [0.25, 0.3) is 0 Å². The summed E-state index contributed by atoms with van der Waals surface area (Å²) in [5.41, 5.74) is 2.08. The molecule has 6 heteroatoms. The Bertz CT molecular complexity index is 497. The zero-order chi connectivity index (χ0) is 13.8. The van der Waals surface area contributed by atoms with Crippen LogP contribution in [-0.4, -0.2) is 35.6 Å². The van der Waals surface area contributed by atoms with Crippen LogP contribution in [0, 0.1) is 18.3 Å². The summed E-state index contributed by atoms with van der Waals surface area (Å²) in [6.07, 6.45) is 1.39. The minimum Gasteiger partial charge on any atom is -0.353 e. The normalized spacial score (nSPS) is 19.3. The summed E-state index contributed by atoms with van der Waals surface area (Å²) >= 11 is 5.98. The molecule has 1 aromatic heterocycles. The van der Waals surface area contributed by atoms with Crippen LogP contribution in [0.2, 0.25) is 5.28 Å². The molecule has 102 valence electrons. The van der Waals surface area contributed by atoms with Crippen molar-refractivity contribution in [3.8, 4) is 6.07 Å². The van der Waals surface area contributed by atoms with E-state index in [1.54, 1.807) is 0 Å². The summed E-state index contributed by atoms with van der Waals surface area (Å²) in [4.78, 5) is 10.8. The van der Waals surface area contributed by atoms with Crippen LogP contribution < -0.4 is 10.2 Å². The smallest absolute Gasteiger partial charge is 0.224 e. The van der Waals surface area contributed by atoms with Gasteiger partial charge in [-0.05, 0) is 24.9 Å². The Morgan fingerprint density at radius 2 is 2.32 bits per heavy atom. The Morgan fingerprint density at radius 1 is 1.53 bits per heavy atom. The number of rotatable bonds is 3. The van der Waals surface area contributed by atoms with E-state index in [1.807, 2.05) is 6.92 Å². The first-order chi connectivity index (χ1) is 9.15. The van der Waals surface area contributed by atoms with E-state index in [2.05, 4.69) is 33.2 Å². The zero-order valence-electron chi connectivity index (χ0n) is 11.3. The average Bonchev–Trinajstić information content (AvgIpc) is 2.38. The van der Waals surface area contributed by atoms with Crippen molar-refractivity contribution in [2.75, 3.05) is 24.5 Å².